The number of pyridine rings is 1. The van der Waals surface area contributed by atoms with Crippen LogP contribution in [0.1, 0.15) is 110 Å². The monoisotopic (exact) mass is 1140 g/mol. The summed E-state index contributed by atoms with van der Waals surface area (Å²) in [5.74, 6) is 2.08. The summed E-state index contributed by atoms with van der Waals surface area (Å²) in [4.78, 5) is 9.64. The first-order valence-corrected chi connectivity index (χ1v) is 25.8. The summed E-state index contributed by atoms with van der Waals surface area (Å²) in [5.41, 5.74) is 17.9. The number of nitrogens with zero attached hydrogens (tertiary/aromatic N) is 4. The van der Waals surface area contributed by atoms with Gasteiger partial charge in [0.15, 0.2) is 0 Å². The quantitative estimate of drug-likeness (QED) is 0.114. The van der Waals surface area contributed by atoms with E-state index in [1.807, 2.05) is 6.20 Å². The molecule has 0 amide bonds. The van der Waals surface area contributed by atoms with Crippen molar-refractivity contribution in [3.05, 3.63) is 210 Å². The van der Waals surface area contributed by atoms with E-state index >= 15 is 0 Å². The number of benzene rings is 7. The SMILES string of the molecule is CC(C)Cc1cc(C(C)(C)C)cc(-c2ccc(C(C)(C)C)cc2)c1CCN1[CH-]N(c2[c-]c(COc3[c-]c4c(cc3-c3ccccc3)c3ccccc3n4-c3cc(C(C)(C)C)ccn3)ccc2)c2ccccc21.[Pt]. The molecule has 376 valence electrons. The molecule has 2 aromatic heterocycles. The van der Waals surface area contributed by atoms with Crippen molar-refractivity contribution in [1.29, 1.82) is 0 Å². The summed E-state index contributed by atoms with van der Waals surface area (Å²) in [6.07, 6.45) is 3.86. The molecule has 0 aliphatic carbocycles. The number of anilines is 3. The van der Waals surface area contributed by atoms with E-state index in [1.165, 1.54) is 44.6 Å². The summed E-state index contributed by atoms with van der Waals surface area (Å²) in [6, 6.07) is 62.7. The topological polar surface area (TPSA) is 33.5 Å². The Labute approximate surface area is 449 Å². The van der Waals surface area contributed by atoms with Gasteiger partial charge in [-0.25, -0.2) is 4.98 Å². The smallest absolute Gasteiger partial charge is 0.135 e. The van der Waals surface area contributed by atoms with Crippen LogP contribution in [0.5, 0.6) is 5.75 Å². The molecule has 0 unspecified atom stereocenters. The van der Waals surface area contributed by atoms with Crippen molar-refractivity contribution < 1.29 is 25.8 Å². The summed E-state index contributed by atoms with van der Waals surface area (Å²) in [6.45, 7) is 28.7. The summed E-state index contributed by atoms with van der Waals surface area (Å²) in [7, 11) is 0. The first-order valence-electron chi connectivity index (χ1n) is 25.8. The van der Waals surface area contributed by atoms with E-state index < -0.39 is 0 Å². The minimum atomic E-state index is -0.0346. The minimum Gasteiger partial charge on any atom is -0.516 e. The zero-order valence-electron chi connectivity index (χ0n) is 44.5. The third-order valence-electron chi connectivity index (χ3n) is 14.3. The van der Waals surface area contributed by atoms with Crippen molar-refractivity contribution in [2.24, 2.45) is 5.92 Å². The molecule has 0 bridgehead atoms. The van der Waals surface area contributed by atoms with Gasteiger partial charge < -0.3 is 19.1 Å². The zero-order chi connectivity index (χ0) is 50.5. The Kier molecular flexibility index (Phi) is 14.4. The van der Waals surface area contributed by atoms with Gasteiger partial charge in [0.1, 0.15) is 5.82 Å². The standard InChI is InChI=1S/C67H69N4O.Pt/c1-45(2)36-49-38-52(67(9,10)11)39-56(48-28-30-50(31-29-48)65(3,4)5)54(49)33-35-69-44-70(61-27-18-17-26-60(61)69)53-23-19-20-46(37-53)43-72-63-42-62-58(41-57(63)47-21-13-12-14-22-47)55-24-15-16-25-59(55)71(62)64-40-51(32-34-68-64)66(6,7)8;/h12-32,34,38-41,44-45H,33,35-36,43H2,1-11H3;/q-3;. The van der Waals surface area contributed by atoms with Gasteiger partial charge in [-0.3, -0.25) is 0 Å². The Morgan fingerprint density at radius 3 is 1.99 bits per heavy atom. The van der Waals surface area contributed by atoms with Crippen molar-refractivity contribution in [3.63, 3.8) is 0 Å². The van der Waals surface area contributed by atoms with Gasteiger partial charge in [-0.2, -0.15) is 37.0 Å². The summed E-state index contributed by atoms with van der Waals surface area (Å²) >= 11 is 0. The predicted octanol–water partition coefficient (Wildman–Crippen LogP) is 17.1. The van der Waals surface area contributed by atoms with Gasteiger partial charge in [0.25, 0.3) is 0 Å². The molecule has 0 fully saturated rings. The fraction of sp³-hybridized carbons (Fsp3) is 0.284. The van der Waals surface area contributed by atoms with Crippen LogP contribution in [0.4, 0.5) is 17.1 Å². The molecule has 0 saturated heterocycles. The molecule has 0 spiro atoms. The van der Waals surface area contributed by atoms with Gasteiger partial charge in [-0.05, 0) is 116 Å². The van der Waals surface area contributed by atoms with Crippen LogP contribution in [-0.4, -0.2) is 16.1 Å². The molecular formula is C67H69N4OPt-3. The van der Waals surface area contributed by atoms with Crippen LogP contribution < -0.4 is 14.5 Å². The van der Waals surface area contributed by atoms with Crippen LogP contribution in [0.25, 0.3) is 49.9 Å². The van der Waals surface area contributed by atoms with E-state index in [0.717, 1.165) is 75.1 Å². The molecule has 0 atom stereocenters. The van der Waals surface area contributed by atoms with E-state index in [-0.39, 0.29) is 37.3 Å². The molecule has 6 heteroatoms. The molecule has 0 radical (unpaired) electrons. The van der Waals surface area contributed by atoms with Crippen LogP contribution in [0.15, 0.2) is 158 Å². The van der Waals surface area contributed by atoms with Gasteiger partial charge in [0, 0.05) is 49.9 Å². The van der Waals surface area contributed by atoms with Crippen molar-refractivity contribution in [3.8, 4) is 33.8 Å². The number of hydrogen-bond donors (Lipinski definition) is 0. The number of hydrogen-bond acceptors (Lipinski definition) is 4. The number of fused-ring (bicyclic) bond motifs is 4. The van der Waals surface area contributed by atoms with E-state index in [4.69, 9.17) is 9.72 Å². The molecule has 9 aromatic rings. The second kappa shape index (κ2) is 20.5. The van der Waals surface area contributed by atoms with Crippen LogP contribution in [-0.2, 0) is 56.8 Å². The fourth-order valence-electron chi connectivity index (χ4n) is 10.3. The molecule has 73 heavy (non-hydrogen) atoms. The molecule has 5 nitrogen and oxygen atoms in total. The van der Waals surface area contributed by atoms with Gasteiger partial charge >= 0.3 is 0 Å². The normalized spacial score (nSPS) is 13.0. The maximum absolute atomic E-state index is 6.93. The first-order chi connectivity index (χ1) is 34.4. The molecule has 7 aromatic carbocycles. The summed E-state index contributed by atoms with van der Waals surface area (Å²) < 4.78 is 9.16. The second-order valence-corrected chi connectivity index (χ2v) is 23.3. The third-order valence-corrected chi connectivity index (χ3v) is 14.3. The largest absolute Gasteiger partial charge is 0.516 e. The van der Waals surface area contributed by atoms with Crippen LogP contribution in [0, 0.1) is 24.7 Å². The minimum absolute atomic E-state index is 0. The molecule has 10 rings (SSSR count). The maximum Gasteiger partial charge on any atom is 0.135 e. The molecule has 1 aliphatic heterocycles. The average Bonchev–Trinajstić information content (AvgIpc) is 3.89. The maximum atomic E-state index is 6.93. The van der Waals surface area contributed by atoms with Gasteiger partial charge in [-0.1, -0.05) is 190 Å². The van der Waals surface area contributed by atoms with Gasteiger partial charge in [-0.15, -0.1) is 22.7 Å². The van der Waals surface area contributed by atoms with Crippen molar-refractivity contribution in [2.45, 2.75) is 112 Å². The Balaban J connectivity index is 0.00000656. The van der Waals surface area contributed by atoms with E-state index in [9.17, 15) is 0 Å². The average molecular weight is 1140 g/mol. The predicted molar refractivity (Wildman–Crippen MR) is 303 cm³/mol. The van der Waals surface area contributed by atoms with Gasteiger partial charge in [0.05, 0.1) is 6.61 Å². The van der Waals surface area contributed by atoms with Crippen molar-refractivity contribution in [1.82, 2.24) is 9.55 Å². The molecule has 3 heterocycles. The molecular weight excluding hydrogens is 1070 g/mol. The Hall–Kier alpha value is -6.42. The zero-order valence-corrected chi connectivity index (χ0v) is 46.8. The van der Waals surface area contributed by atoms with Crippen LogP contribution >= 0.6 is 0 Å². The van der Waals surface area contributed by atoms with Crippen LogP contribution in [0.2, 0.25) is 0 Å². The van der Waals surface area contributed by atoms with E-state index in [1.54, 1.807) is 0 Å². The third kappa shape index (κ3) is 10.7. The molecule has 0 N–H and O–H groups in total. The van der Waals surface area contributed by atoms with Crippen molar-refractivity contribution >= 4 is 38.9 Å². The second-order valence-electron chi connectivity index (χ2n) is 23.3. The van der Waals surface area contributed by atoms with Crippen molar-refractivity contribution in [2.75, 3.05) is 16.3 Å². The Morgan fingerprint density at radius 2 is 1.27 bits per heavy atom. The first kappa shape index (κ1) is 51.5. The Bertz CT molecular complexity index is 3400. The number of ether oxygens (including phenoxy) is 1. The number of aromatic nitrogens is 2. The van der Waals surface area contributed by atoms with E-state index in [0.29, 0.717) is 18.3 Å². The van der Waals surface area contributed by atoms with E-state index in [2.05, 4.69) is 261 Å². The number of para-hydroxylation sites is 3. The number of rotatable bonds is 12. The molecule has 0 saturated carbocycles. The van der Waals surface area contributed by atoms with Gasteiger partial charge in [0.2, 0.25) is 0 Å². The fourth-order valence-corrected chi connectivity index (χ4v) is 10.3. The van der Waals surface area contributed by atoms with Crippen LogP contribution in [0.3, 0.4) is 0 Å². The summed E-state index contributed by atoms with van der Waals surface area (Å²) in [5, 5.41) is 2.25. The molecule has 1 aliphatic rings. The Morgan fingerprint density at radius 1 is 0.603 bits per heavy atom.